The number of hydrogen-bond acceptors (Lipinski definition) is 4. The summed E-state index contributed by atoms with van der Waals surface area (Å²) in [6.07, 6.45) is 1.80. The van der Waals surface area contributed by atoms with E-state index < -0.39 is 0 Å². The Kier molecular flexibility index (Phi) is 5.09. The molecule has 0 fully saturated rings. The molecule has 3 aromatic rings. The number of fused-ring (bicyclic) bond motifs is 1. The average Bonchev–Trinajstić information content (AvgIpc) is 3.04. The Morgan fingerprint density at radius 2 is 1.76 bits per heavy atom. The van der Waals surface area contributed by atoms with E-state index in [1.54, 1.807) is 19.3 Å². The zero-order chi connectivity index (χ0) is 20.4. The molecular weight excluding hydrogens is 364 g/mol. The molecule has 0 aromatic heterocycles. The van der Waals surface area contributed by atoms with Gasteiger partial charge in [0.1, 0.15) is 23.9 Å². The summed E-state index contributed by atoms with van der Waals surface area (Å²) in [4.78, 5) is 12.8. The quantitative estimate of drug-likeness (QED) is 0.543. The van der Waals surface area contributed by atoms with Crippen LogP contribution in [0.2, 0.25) is 0 Å². The van der Waals surface area contributed by atoms with Crippen LogP contribution < -0.4 is 14.2 Å². The molecule has 1 aliphatic rings. The third kappa shape index (κ3) is 3.87. The standard InChI is InChI=1S/C25H22O4/c1-16-7-4-5-9-19(16)13-23-25(26)24-17(2)11-21(14-22(24)29-23)28-15-18-8-6-10-20(12-18)27-3/h4-14H,15H2,1-3H3/b23-13-. The largest absolute Gasteiger partial charge is 0.497 e. The van der Waals surface area contributed by atoms with Crippen molar-refractivity contribution in [3.05, 3.63) is 94.2 Å². The van der Waals surface area contributed by atoms with Gasteiger partial charge < -0.3 is 14.2 Å². The van der Waals surface area contributed by atoms with Gasteiger partial charge in [-0.1, -0.05) is 36.4 Å². The molecule has 0 saturated carbocycles. The van der Waals surface area contributed by atoms with E-state index in [0.717, 1.165) is 28.0 Å². The minimum Gasteiger partial charge on any atom is -0.497 e. The summed E-state index contributed by atoms with van der Waals surface area (Å²) < 4.78 is 17.1. The van der Waals surface area contributed by atoms with Crippen LogP contribution in [0.1, 0.15) is 32.6 Å². The lowest BCUT2D eigenvalue weighted by Crippen LogP contribution is -2.00. The predicted octanol–water partition coefficient (Wildman–Crippen LogP) is 5.51. The van der Waals surface area contributed by atoms with Crippen LogP contribution in [-0.4, -0.2) is 12.9 Å². The molecule has 0 N–H and O–H groups in total. The van der Waals surface area contributed by atoms with Gasteiger partial charge in [-0.2, -0.15) is 0 Å². The number of carbonyl (C=O) groups excluding carboxylic acids is 1. The lowest BCUT2D eigenvalue weighted by molar-refractivity contribution is 0.101. The summed E-state index contributed by atoms with van der Waals surface area (Å²) in [5, 5.41) is 0. The average molecular weight is 386 g/mol. The molecule has 0 radical (unpaired) electrons. The highest BCUT2D eigenvalue weighted by molar-refractivity contribution is 6.15. The summed E-state index contributed by atoms with van der Waals surface area (Å²) in [5.74, 6) is 2.23. The van der Waals surface area contributed by atoms with Crippen molar-refractivity contribution < 1.29 is 19.0 Å². The molecule has 0 aliphatic carbocycles. The number of benzene rings is 3. The van der Waals surface area contributed by atoms with Gasteiger partial charge in [0.05, 0.1) is 12.7 Å². The zero-order valence-corrected chi connectivity index (χ0v) is 16.7. The maximum absolute atomic E-state index is 12.8. The Hall–Kier alpha value is -3.53. The molecule has 0 spiro atoms. The first-order chi connectivity index (χ1) is 14.0. The first-order valence-corrected chi connectivity index (χ1v) is 9.45. The van der Waals surface area contributed by atoms with Gasteiger partial charge in [-0.05, 0) is 60.4 Å². The number of allylic oxidation sites excluding steroid dienone is 1. The minimum atomic E-state index is -0.0971. The summed E-state index contributed by atoms with van der Waals surface area (Å²) in [6.45, 7) is 4.30. The number of Topliss-reactive ketones (excluding diaryl/α,β-unsaturated/α-hetero) is 1. The van der Waals surface area contributed by atoms with Crippen molar-refractivity contribution in [3.63, 3.8) is 0 Å². The Morgan fingerprint density at radius 1 is 0.931 bits per heavy atom. The van der Waals surface area contributed by atoms with Crippen LogP contribution >= 0.6 is 0 Å². The summed E-state index contributed by atoms with van der Waals surface area (Å²) in [6, 6.07) is 19.3. The van der Waals surface area contributed by atoms with Crippen molar-refractivity contribution in [2.45, 2.75) is 20.5 Å². The van der Waals surface area contributed by atoms with Crippen molar-refractivity contribution in [3.8, 4) is 17.2 Å². The molecule has 0 unspecified atom stereocenters. The molecule has 29 heavy (non-hydrogen) atoms. The molecule has 3 aromatic carbocycles. The molecule has 146 valence electrons. The zero-order valence-electron chi connectivity index (χ0n) is 16.7. The monoisotopic (exact) mass is 386 g/mol. The third-order valence-electron chi connectivity index (χ3n) is 4.96. The van der Waals surface area contributed by atoms with E-state index in [1.807, 2.05) is 68.4 Å². The Morgan fingerprint density at radius 3 is 2.55 bits per heavy atom. The normalized spacial score (nSPS) is 13.9. The maximum atomic E-state index is 12.8. The molecule has 0 amide bonds. The second-order valence-corrected chi connectivity index (χ2v) is 7.05. The fourth-order valence-electron chi connectivity index (χ4n) is 3.38. The number of aryl methyl sites for hydroxylation is 2. The van der Waals surface area contributed by atoms with Gasteiger partial charge in [0.25, 0.3) is 0 Å². The molecule has 0 bridgehead atoms. The summed E-state index contributed by atoms with van der Waals surface area (Å²) >= 11 is 0. The number of ether oxygens (including phenoxy) is 3. The maximum Gasteiger partial charge on any atom is 0.232 e. The van der Waals surface area contributed by atoms with E-state index in [9.17, 15) is 4.79 Å². The van der Waals surface area contributed by atoms with Crippen LogP contribution in [-0.2, 0) is 6.61 Å². The Bertz CT molecular complexity index is 1110. The highest BCUT2D eigenvalue weighted by atomic mass is 16.5. The van der Waals surface area contributed by atoms with Gasteiger partial charge >= 0.3 is 0 Å². The van der Waals surface area contributed by atoms with Crippen molar-refractivity contribution in [1.29, 1.82) is 0 Å². The van der Waals surface area contributed by atoms with E-state index in [-0.39, 0.29) is 5.78 Å². The molecule has 0 atom stereocenters. The van der Waals surface area contributed by atoms with Crippen LogP contribution in [0.4, 0.5) is 0 Å². The van der Waals surface area contributed by atoms with Crippen molar-refractivity contribution in [2.24, 2.45) is 0 Å². The smallest absolute Gasteiger partial charge is 0.232 e. The van der Waals surface area contributed by atoms with Crippen molar-refractivity contribution >= 4 is 11.9 Å². The van der Waals surface area contributed by atoms with Gasteiger partial charge in [-0.3, -0.25) is 4.79 Å². The van der Waals surface area contributed by atoms with E-state index in [4.69, 9.17) is 14.2 Å². The predicted molar refractivity (Wildman–Crippen MR) is 113 cm³/mol. The van der Waals surface area contributed by atoms with E-state index in [0.29, 0.717) is 29.4 Å². The van der Waals surface area contributed by atoms with Crippen LogP contribution in [0.15, 0.2) is 66.4 Å². The third-order valence-corrected chi connectivity index (χ3v) is 4.96. The first kappa shape index (κ1) is 18.8. The van der Waals surface area contributed by atoms with Gasteiger partial charge in [0.2, 0.25) is 5.78 Å². The fourth-order valence-corrected chi connectivity index (χ4v) is 3.38. The molecule has 1 heterocycles. The van der Waals surface area contributed by atoms with Crippen molar-refractivity contribution in [2.75, 3.05) is 7.11 Å². The van der Waals surface area contributed by atoms with E-state index in [1.165, 1.54) is 0 Å². The van der Waals surface area contributed by atoms with Crippen LogP contribution in [0.5, 0.6) is 17.2 Å². The highest BCUT2D eigenvalue weighted by Crippen LogP contribution is 2.38. The molecule has 0 saturated heterocycles. The van der Waals surface area contributed by atoms with Gasteiger partial charge in [-0.25, -0.2) is 0 Å². The topological polar surface area (TPSA) is 44.8 Å². The SMILES string of the molecule is COc1cccc(COc2cc(C)c3c(c2)O/C(=C\c2ccccc2C)C3=O)c1. The molecular formula is C25H22O4. The van der Waals surface area contributed by atoms with Crippen LogP contribution in [0.25, 0.3) is 6.08 Å². The van der Waals surface area contributed by atoms with E-state index >= 15 is 0 Å². The summed E-state index contributed by atoms with van der Waals surface area (Å²) in [7, 11) is 1.64. The van der Waals surface area contributed by atoms with Gasteiger partial charge in [0.15, 0.2) is 5.76 Å². The Balaban J connectivity index is 1.57. The number of carbonyl (C=O) groups is 1. The highest BCUT2D eigenvalue weighted by Gasteiger charge is 2.30. The number of hydrogen-bond donors (Lipinski definition) is 0. The Labute approximate surface area is 170 Å². The second kappa shape index (κ2) is 7.84. The van der Waals surface area contributed by atoms with E-state index in [2.05, 4.69) is 0 Å². The molecule has 4 heteroatoms. The number of ketones is 1. The fraction of sp³-hybridized carbons (Fsp3) is 0.160. The lowest BCUT2D eigenvalue weighted by Gasteiger charge is -2.10. The minimum absolute atomic E-state index is 0.0971. The molecule has 4 nitrogen and oxygen atoms in total. The van der Waals surface area contributed by atoms with Crippen molar-refractivity contribution in [1.82, 2.24) is 0 Å². The summed E-state index contributed by atoms with van der Waals surface area (Å²) in [5.41, 5.74) is 4.49. The number of methoxy groups -OCH3 is 1. The first-order valence-electron chi connectivity index (χ1n) is 9.45. The van der Waals surface area contributed by atoms with Gasteiger partial charge in [-0.15, -0.1) is 0 Å². The molecule has 1 aliphatic heterocycles. The van der Waals surface area contributed by atoms with Crippen LogP contribution in [0, 0.1) is 13.8 Å². The lowest BCUT2D eigenvalue weighted by atomic mass is 10.0. The van der Waals surface area contributed by atoms with Crippen LogP contribution in [0.3, 0.4) is 0 Å². The molecule has 4 rings (SSSR count). The second-order valence-electron chi connectivity index (χ2n) is 7.05. The van der Waals surface area contributed by atoms with Gasteiger partial charge in [0, 0.05) is 6.07 Å². The number of rotatable bonds is 5.